The van der Waals surface area contributed by atoms with E-state index in [0.29, 0.717) is 21.5 Å². The Bertz CT molecular complexity index is 1260. The molecule has 0 aliphatic rings. The molecule has 3 aromatic rings. The van der Waals surface area contributed by atoms with Crippen molar-refractivity contribution in [3.63, 3.8) is 0 Å². The fraction of sp³-hybridized carbons (Fsp3) is 0.192. The SMILES string of the molecule is C/C(O)=C(/N=Nc1ccc(N=Nc2cccc([N+](C)(C)C)c2)c(C)c1)C(=O)Nc1ccccc1.Cl. The number of carbonyl (C=O) groups is 1. The fourth-order valence-corrected chi connectivity index (χ4v) is 3.00. The molecule has 0 saturated heterocycles. The summed E-state index contributed by atoms with van der Waals surface area (Å²) in [4.78, 5) is 12.5. The molecule has 0 saturated carbocycles. The molecule has 182 valence electrons. The Morgan fingerprint density at radius 2 is 1.54 bits per heavy atom. The minimum Gasteiger partial charge on any atom is -0.510 e. The van der Waals surface area contributed by atoms with Gasteiger partial charge in [0.25, 0.3) is 5.91 Å². The van der Waals surface area contributed by atoms with Crippen molar-refractivity contribution in [1.82, 2.24) is 4.48 Å². The van der Waals surface area contributed by atoms with Crippen molar-refractivity contribution >= 4 is 46.8 Å². The summed E-state index contributed by atoms with van der Waals surface area (Å²) >= 11 is 0. The Balaban J connectivity index is 0.00000432. The Labute approximate surface area is 211 Å². The van der Waals surface area contributed by atoms with Gasteiger partial charge in [-0.1, -0.05) is 24.3 Å². The van der Waals surface area contributed by atoms with Gasteiger partial charge in [-0.25, -0.2) is 0 Å². The lowest BCUT2D eigenvalue weighted by molar-refractivity contribution is -0.113. The second kappa shape index (κ2) is 12.0. The molecule has 0 bridgehead atoms. The van der Waals surface area contributed by atoms with Gasteiger partial charge < -0.3 is 10.4 Å². The number of azo groups is 2. The summed E-state index contributed by atoms with van der Waals surface area (Å²) in [6.45, 7) is 3.28. The van der Waals surface area contributed by atoms with Crippen LogP contribution in [0.5, 0.6) is 0 Å². The number of nitrogens with one attached hydrogen (secondary N) is 1. The zero-order valence-corrected chi connectivity index (χ0v) is 21.2. The molecule has 8 nitrogen and oxygen atoms in total. The van der Waals surface area contributed by atoms with Gasteiger partial charge in [0.15, 0.2) is 5.70 Å². The summed E-state index contributed by atoms with van der Waals surface area (Å²) in [5, 5.41) is 29.4. The normalized spacial score (nSPS) is 12.4. The maximum Gasteiger partial charge on any atom is 0.279 e. The number of aliphatic hydroxyl groups is 1. The predicted molar refractivity (Wildman–Crippen MR) is 144 cm³/mol. The zero-order chi connectivity index (χ0) is 24.7. The van der Waals surface area contributed by atoms with Gasteiger partial charge in [-0.05, 0) is 61.9 Å². The van der Waals surface area contributed by atoms with Crippen LogP contribution in [0, 0.1) is 6.92 Å². The lowest BCUT2D eigenvalue weighted by Crippen LogP contribution is -2.34. The molecule has 0 spiro atoms. The highest BCUT2D eigenvalue weighted by atomic mass is 35.5. The number of para-hydroxylation sites is 1. The van der Waals surface area contributed by atoms with E-state index >= 15 is 0 Å². The molecule has 1 amide bonds. The third kappa shape index (κ3) is 7.84. The van der Waals surface area contributed by atoms with Crippen LogP contribution < -0.4 is 9.80 Å². The van der Waals surface area contributed by atoms with Crippen LogP contribution >= 0.6 is 12.4 Å². The lowest BCUT2D eigenvalue weighted by Gasteiger charge is -2.23. The molecule has 0 fully saturated rings. The van der Waals surface area contributed by atoms with E-state index in [4.69, 9.17) is 0 Å². The van der Waals surface area contributed by atoms with E-state index < -0.39 is 5.91 Å². The maximum absolute atomic E-state index is 12.5. The first-order valence-corrected chi connectivity index (χ1v) is 10.8. The van der Waals surface area contributed by atoms with E-state index in [1.54, 1.807) is 42.5 Å². The molecule has 0 aliphatic heterocycles. The lowest BCUT2D eigenvalue weighted by atomic mass is 10.2. The molecule has 9 heteroatoms. The van der Waals surface area contributed by atoms with E-state index in [1.165, 1.54) is 6.92 Å². The highest BCUT2D eigenvalue weighted by Gasteiger charge is 2.14. The molecule has 0 radical (unpaired) electrons. The fourth-order valence-electron chi connectivity index (χ4n) is 3.00. The number of nitrogens with zero attached hydrogens (tertiary/aromatic N) is 5. The Hall–Kier alpha value is -3.88. The van der Waals surface area contributed by atoms with Gasteiger partial charge in [0.1, 0.15) is 11.4 Å². The first kappa shape index (κ1) is 27.4. The topological polar surface area (TPSA) is 98.8 Å². The number of rotatable bonds is 7. The minimum atomic E-state index is -0.548. The number of hydrogen-bond acceptors (Lipinski definition) is 6. The molecule has 35 heavy (non-hydrogen) atoms. The summed E-state index contributed by atoms with van der Waals surface area (Å²) in [5.41, 5.74) is 4.40. The van der Waals surface area contributed by atoms with E-state index in [2.05, 4.69) is 53.0 Å². The zero-order valence-electron chi connectivity index (χ0n) is 20.4. The minimum absolute atomic E-state index is 0. The van der Waals surface area contributed by atoms with Crippen molar-refractivity contribution < 1.29 is 9.90 Å². The van der Waals surface area contributed by atoms with Crippen molar-refractivity contribution in [3.05, 3.63) is 89.8 Å². The number of amides is 1. The smallest absolute Gasteiger partial charge is 0.279 e. The second-order valence-electron chi connectivity index (χ2n) is 8.66. The Morgan fingerprint density at radius 3 is 2.17 bits per heavy atom. The first-order chi connectivity index (χ1) is 16.1. The number of carbonyl (C=O) groups excluding carboxylic acids is 1. The molecule has 3 aromatic carbocycles. The van der Waals surface area contributed by atoms with Crippen molar-refractivity contribution in [1.29, 1.82) is 0 Å². The van der Waals surface area contributed by atoms with Crippen molar-refractivity contribution in [2.75, 3.05) is 26.5 Å². The van der Waals surface area contributed by atoms with Gasteiger partial charge in [0.2, 0.25) is 0 Å². The van der Waals surface area contributed by atoms with Gasteiger partial charge in [-0.15, -0.1) is 17.5 Å². The van der Waals surface area contributed by atoms with Crippen molar-refractivity contribution in [2.24, 2.45) is 20.5 Å². The third-order valence-electron chi connectivity index (χ3n) is 4.91. The monoisotopic (exact) mass is 493 g/mol. The molecule has 2 N–H and O–H groups in total. The highest BCUT2D eigenvalue weighted by molar-refractivity contribution is 6.03. The number of quaternary nitrogens is 1. The van der Waals surface area contributed by atoms with Crippen LogP contribution in [-0.2, 0) is 4.79 Å². The highest BCUT2D eigenvalue weighted by Crippen LogP contribution is 2.28. The van der Waals surface area contributed by atoms with Gasteiger partial charge in [-0.3, -0.25) is 9.28 Å². The maximum atomic E-state index is 12.5. The number of aliphatic hydroxyl groups excluding tert-OH is 1. The van der Waals surface area contributed by atoms with Crippen molar-refractivity contribution in [2.45, 2.75) is 13.8 Å². The number of allylic oxidation sites excluding steroid dienone is 1. The van der Waals surface area contributed by atoms with Gasteiger partial charge in [-0.2, -0.15) is 15.3 Å². The van der Waals surface area contributed by atoms with Crippen LogP contribution in [0.15, 0.2) is 105 Å². The predicted octanol–water partition coefficient (Wildman–Crippen LogP) is 7.54. The van der Waals surface area contributed by atoms with Crippen LogP contribution in [0.25, 0.3) is 0 Å². The molecule has 0 heterocycles. The van der Waals surface area contributed by atoms with Gasteiger partial charge >= 0.3 is 0 Å². The number of hydrogen-bond donors (Lipinski definition) is 2. The van der Waals surface area contributed by atoms with Crippen LogP contribution in [-0.4, -0.2) is 32.2 Å². The summed E-state index contributed by atoms with van der Waals surface area (Å²) in [5.74, 6) is -0.774. The average molecular weight is 494 g/mol. The average Bonchev–Trinajstić information content (AvgIpc) is 2.78. The molecule has 0 atom stereocenters. The summed E-state index contributed by atoms with van der Waals surface area (Å²) in [6, 6.07) is 22.2. The number of aryl methyl sites for hydroxylation is 1. The number of anilines is 1. The van der Waals surface area contributed by atoms with Crippen molar-refractivity contribution in [3.8, 4) is 0 Å². The van der Waals surface area contributed by atoms with Crippen LogP contribution in [0.2, 0.25) is 0 Å². The van der Waals surface area contributed by atoms with Crippen LogP contribution in [0.1, 0.15) is 12.5 Å². The van der Waals surface area contributed by atoms with Crippen LogP contribution in [0.4, 0.5) is 28.4 Å². The number of benzene rings is 3. The van der Waals surface area contributed by atoms with Crippen LogP contribution in [0.3, 0.4) is 0 Å². The van der Waals surface area contributed by atoms with Gasteiger partial charge in [0, 0.05) is 11.8 Å². The summed E-state index contributed by atoms with van der Waals surface area (Å²) in [7, 11) is 6.29. The van der Waals surface area contributed by atoms with E-state index in [-0.39, 0.29) is 23.9 Å². The standard InChI is InChI=1S/C26H28N6O2.ClH/c1-18-16-22(29-31-25(19(2)33)26(34)27-20-10-7-6-8-11-20)14-15-24(18)30-28-21-12-9-13-23(17-21)32(3,4)5;/h6-17H,1-5H3,(H-,27,28,29,33,34);1H/p+1. The van der Waals surface area contributed by atoms with E-state index in [9.17, 15) is 9.90 Å². The second-order valence-corrected chi connectivity index (χ2v) is 8.66. The Morgan fingerprint density at radius 1 is 0.857 bits per heavy atom. The summed E-state index contributed by atoms with van der Waals surface area (Å²) < 4.78 is 0.690. The first-order valence-electron chi connectivity index (χ1n) is 10.8. The number of halogens is 1. The molecule has 0 aliphatic carbocycles. The molecule has 0 unspecified atom stereocenters. The quantitative estimate of drug-likeness (QED) is 0.154. The third-order valence-corrected chi connectivity index (χ3v) is 4.91. The van der Waals surface area contributed by atoms with Gasteiger partial charge in [0.05, 0.1) is 38.2 Å². The molecular weight excluding hydrogens is 464 g/mol. The van der Waals surface area contributed by atoms with E-state index in [0.717, 1.165) is 16.9 Å². The van der Waals surface area contributed by atoms with E-state index in [1.807, 2.05) is 31.2 Å². The molecular formula is C26H30ClN6O2+. The summed E-state index contributed by atoms with van der Waals surface area (Å²) in [6.07, 6.45) is 0. The Kier molecular flexibility index (Phi) is 9.39. The molecule has 0 aromatic heterocycles. The molecule has 3 rings (SSSR count). The largest absolute Gasteiger partial charge is 0.510 e.